The third kappa shape index (κ3) is 3.76. The summed E-state index contributed by atoms with van der Waals surface area (Å²) in [7, 11) is 2.16. The number of piperidine rings is 1. The molecule has 0 amide bonds. The van der Waals surface area contributed by atoms with Gasteiger partial charge in [0.05, 0.1) is 23.2 Å². The summed E-state index contributed by atoms with van der Waals surface area (Å²) in [4.78, 5) is 29.5. The highest BCUT2D eigenvalue weighted by molar-refractivity contribution is 5.97. The van der Waals surface area contributed by atoms with E-state index >= 15 is 0 Å². The van der Waals surface area contributed by atoms with E-state index in [0.717, 1.165) is 48.4 Å². The van der Waals surface area contributed by atoms with Crippen molar-refractivity contribution in [3.8, 4) is 23.2 Å². The van der Waals surface area contributed by atoms with E-state index in [9.17, 15) is 10.1 Å². The van der Waals surface area contributed by atoms with Crippen LogP contribution < -0.4 is 10.3 Å². The number of fused-ring (bicyclic) bond motifs is 2. The van der Waals surface area contributed by atoms with E-state index in [2.05, 4.69) is 52.9 Å². The maximum Gasteiger partial charge on any atom is 0.261 e. The Morgan fingerprint density at radius 3 is 2.74 bits per heavy atom. The number of benzene rings is 1. The van der Waals surface area contributed by atoms with Crippen molar-refractivity contribution >= 4 is 21.9 Å². The molecule has 0 radical (unpaired) electrons. The minimum atomic E-state index is -0.266. The standard InChI is InChI=1S/C26H30N6O2/c1-14(2)13-34-24-17(16-7-9-32(4)10-8-16)5-6-20-23(24)31-25(30-20)21-22-19(12-28-26(21)33)18(11-27)15(3)29-22/h5-6,12,14,16,29H,7-10,13H2,1-4H3,(H,28,33)(H,30,31). The number of likely N-dealkylation sites (tertiary alicyclic amines) is 1. The molecule has 5 rings (SSSR count). The second kappa shape index (κ2) is 8.65. The van der Waals surface area contributed by atoms with Gasteiger partial charge in [-0.15, -0.1) is 0 Å². The summed E-state index contributed by atoms with van der Waals surface area (Å²) in [5, 5.41) is 10.2. The molecular weight excluding hydrogens is 428 g/mol. The van der Waals surface area contributed by atoms with Crippen LogP contribution in [0.25, 0.3) is 33.3 Å². The smallest absolute Gasteiger partial charge is 0.261 e. The van der Waals surface area contributed by atoms with Crippen LogP contribution in [0.4, 0.5) is 0 Å². The first-order valence-corrected chi connectivity index (χ1v) is 11.9. The monoisotopic (exact) mass is 458 g/mol. The van der Waals surface area contributed by atoms with E-state index in [4.69, 9.17) is 9.72 Å². The van der Waals surface area contributed by atoms with Gasteiger partial charge in [0, 0.05) is 17.3 Å². The van der Waals surface area contributed by atoms with Gasteiger partial charge in [0.2, 0.25) is 0 Å². The molecule has 3 aromatic heterocycles. The molecule has 1 saturated heterocycles. The lowest BCUT2D eigenvalue weighted by molar-refractivity contribution is 0.243. The summed E-state index contributed by atoms with van der Waals surface area (Å²) >= 11 is 0. The first kappa shape index (κ1) is 22.2. The van der Waals surface area contributed by atoms with Gasteiger partial charge in [-0.3, -0.25) is 4.79 Å². The fourth-order valence-electron chi connectivity index (χ4n) is 4.91. The van der Waals surface area contributed by atoms with Crippen LogP contribution >= 0.6 is 0 Å². The number of hydrogen-bond donors (Lipinski definition) is 3. The van der Waals surface area contributed by atoms with Crippen molar-refractivity contribution in [1.29, 1.82) is 5.26 Å². The molecule has 8 heteroatoms. The predicted octanol–water partition coefficient (Wildman–Crippen LogP) is 4.42. The minimum Gasteiger partial charge on any atom is -0.491 e. The Morgan fingerprint density at radius 1 is 1.26 bits per heavy atom. The average molecular weight is 459 g/mol. The Kier molecular flexibility index (Phi) is 5.66. The molecule has 0 atom stereocenters. The molecule has 0 spiro atoms. The highest BCUT2D eigenvalue weighted by atomic mass is 16.5. The topological polar surface area (TPSA) is 114 Å². The summed E-state index contributed by atoms with van der Waals surface area (Å²) in [5.41, 5.74) is 4.74. The summed E-state index contributed by atoms with van der Waals surface area (Å²) in [6.45, 7) is 8.80. The zero-order valence-corrected chi connectivity index (χ0v) is 20.1. The SMILES string of the molecule is Cc1[nH]c2c(-c3nc4c(OCC(C)C)c(C5CCN(C)CC5)ccc4[nH]3)c(=O)[nH]cc2c1C#N. The van der Waals surface area contributed by atoms with Gasteiger partial charge in [-0.2, -0.15) is 5.26 Å². The van der Waals surface area contributed by atoms with E-state index in [-0.39, 0.29) is 5.56 Å². The van der Waals surface area contributed by atoms with Gasteiger partial charge in [-0.05, 0) is 63.4 Å². The average Bonchev–Trinajstić information content (AvgIpc) is 3.37. The number of ether oxygens (including phenoxy) is 1. The Hall–Kier alpha value is -3.57. The van der Waals surface area contributed by atoms with Crippen LogP contribution in [-0.2, 0) is 0 Å². The summed E-state index contributed by atoms with van der Waals surface area (Å²) in [5.74, 6) is 2.07. The van der Waals surface area contributed by atoms with Crippen molar-refractivity contribution in [2.24, 2.45) is 5.92 Å². The van der Waals surface area contributed by atoms with E-state index in [0.29, 0.717) is 46.3 Å². The number of nitrogens with one attached hydrogen (secondary N) is 3. The van der Waals surface area contributed by atoms with Crippen molar-refractivity contribution in [3.63, 3.8) is 0 Å². The number of imidazole rings is 1. The second-order valence-corrected chi connectivity index (χ2v) is 9.77. The largest absolute Gasteiger partial charge is 0.491 e. The summed E-state index contributed by atoms with van der Waals surface area (Å²) in [6.07, 6.45) is 3.74. The molecule has 3 N–H and O–H groups in total. The third-order valence-corrected chi connectivity index (χ3v) is 6.76. The molecule has 0 unspecified atom stereocenters. The molecule has 0 bridgehead atoms. The zero-order valence-electron chi connectivity index (χ0n) is 20.1. The maximum atomic E-state index is 12.9. The molecule has 8 nitrogen and oxygen atoms in total. The number of aromatic nitrogens is 4. The zero-order chi connectivity index (χ0) is 24.0. The van der Waals surface area contributed by atoms with Gasteiger partial charge in [0.15, 0.2) is 5.75 Å². The molecule has 1 aromatic carbocycles. The van der Waals surface area contributed by atoms with Crippen molar-refractivity contribution in [2.45, 2.75) is 39.5 Å². The van der Waals surface area contributed by atoms with Crippen LogP contribution in [0.3, 0.4) is 0 Å². The van der Waals surface area contributed by atoms with Crippen molar-refractivity contribution in [3.05, 3.63) is 45.5 Å². The van der Waals surface area contributed by atoms with Gasteiger partial charge in [0.25, 0.3) is 5.56 Å². The molecule has 0 aliphatic carbocycles. The van der Waals surface area contributed by atoms with E-state index in [1.807, 2.05) is 13.0 Å². The van der Waals surface area contributed by atoms with Gasteiger partial charge >= 0.3 is 0 Å². The van der Waals surface area contributed by atoms with E-state index in [1.165, 1.54) is 5.56 Å². The highest BCUT2D eigenvalue weighted by Gasteiger charge is 2.25. The molecule has 0 saturated carbocycles. The Bertz CT molecular complexity index is 1460. The Balaban J connectivity index is 1.68. The van der Waals surface area contributed by atoms with Gasteiger partial charge in [0.1, 0.15) is 23.0 Å². The van der Waals surface area contributed by atoms with Crippen LogP contribution in [0.2, 0.25) is 0 Å². The quantitative estimate of drug-likeness (QED) is 0.410. The summed E-state index contributed by atoms with van der Waals surface area (Å²) in [6, 6.07) is 6.40. The fourth-order valence-corrected chi connectivity index (χ4v) is 4.91. The number of hydrogen-bond acceptors (Lipinski definition) is 5. The van der Waals surface area contributed by atoms with E-state index < -0.39 is 0 Å². The lowest BCUT2D eigenvalue weighted by atomic mass is 9.88. The number of rotatable bonds is 5. The number of aromatic amines is 3. The summed E-state index contributed by atoms with van der Waals surface area (Å²) < 4.78 is 6.37. The predicted molar refractivity (Wildman–Crippen MR) is 133 cm³/mol. The van der Waals surface area contributed by atoms with Crippen molar-refractivity contribution < 1.29 is 4.74 Å². The van der Waals surface area contributed by atoms with Crippen LogP contribution in [0.1, 0.15) is 49.4 Å². The maximum absolute atomic E-state index is 12.9. The van der Waals surface area contributed by atoms with Crippen molar-refractivity contribution in [1.82, 2.24) is 24.8 Å². The molecule has 1 aliphatic rings. The van der Waals surface area contributed by atoms with Gasteiger partial charge in [-0.25, -0.2) is 4.98 Å². The Morgan fingerprint density at radius 2 is 2.03 bits per heavy atom. The highest BCUT2D eigenvalue weighted by Crippen LogP contribution is 2.39. The van der Waals surface area contributed by atoms with Crippen molar-refractivity contribution in [2.75, 3.05) is 26.7 Å². The molecule has 176 valence electrons. The van der Waals surface area contributed by atoms with Gasteiger partial charge in [-0.1, -0.05) is 19.9 Å². The third-order valence-electron chi connectivity index (χ3n) is 6.76. The molecule has 4 aromatic rings. The lowest BCUT2D eigenvalue weighted by Gasteiger charge is -2.30. The number of nitrogens with zero attached hydrogens (tertiary/aromatic N) is 3. The fraction of sp³-hybridized carbons (Fsp3) is 0.423. The minimum absolute atomic E-state index is 0.266. The molecular formula is C26H30N6O2. The van der Waals surface area contributed by atoms with Crippen LogP contribution in [0.5, 0.6) is 5.75 Å². The molecule has 1 fully saturated rings. The van der Waals surface area contributed by atoms with Crippen LogP contribution in [0.15, 0.2) is 23.1 Å². The number of H-pyrrole nitrogens is 3. The normalized spacial score (nSPS) is 15.4. The molecule has 4 heterocycles. The van der Waals surface area contributed by atoms with Crippen LogP contribution in [-0.4, -0.2) is 51.6 Å². The van der Waals surface area contributed by atoms with Gasteiger partial charge < -0.3 is 24.6 Å². The number of aryl methyl sites for hydroxylation is 1. The second-order valence-electron chi connectivity index (χ2n) is 9.77. The Labute approximate surface area is 198 Å². The number of nitriles is 1. The first-order chi connectivity index (χ1) is 16.4. The molecule has 1 aliphatic heterocycles. The van der Waals surface area contributed by atoms with E-state index in [1.54, 1.807) is 6.20 Å². The number of pyridine rings is 1. The molecule has 34 heavy (non-hydrogen) atoms. The first-order valence-electron chi connectivity index (χ1n) is 11.9. The lowest BCUT2D eigenvalue weighted by Crippen LogP contribution is -2.29. The van der Waals surface area contributed by atoms with Crippen LogP contribution in [0, 0.1) is 24.2 Å².